The third kappa shape index (κ3) is 4.01. The highest BCUT2D eigenvalue weighted by atomic mass is 16.4. The van der Waals surface area contributed by atoms with Crippen molar-refractivity contribution in [2.24, 2.45) is 5.73 Å². The Labute approximate surface area is 103 Å². The molecule has 1 rings (SSSR count). The first-order valence-corrected chi connectivity index (χ1v) is 5.25. The average Bonchev–Trinajstić information content (AvgIpc) is 2.74. The zero-order valence-corrected chi connectivity index (χ0v) is 10.0. The summed E-state index contributed by atoms with van der Waals surface area (Å²) < 4.78 is 5.14. The lowest BCUT2D eigenvalue weighted by molar-refractivity contribution is -0.138. The van der Waals surface area contributed by atoms with Crippen LogP contribution in [0.3, 0.4) is 0 Å². The lowest BCUT2D eigenvalue weighted by Crippen LogP contribution is -2.44. The van der Waals surface area contributed by atoms with Gasteiger partial charge in [0.1, 0.15) is 6.04 Å². The van der Waals surface area contributed by atoms with Gasteiger partial charge in [0.2, 0.25) is 11.8 Å². The summed E-state index contributed by atoms with van der Waals surface area (Å²) in [7, 11) is 0. The topological polar surface area (TPSA) is 143 Å². The maximum atomic E-state index is 11.3. The van der Waals surface area contributed by atoms with E-state index in [1.807, 2.05) is 0 Å². The minimum atomic E-state index is -1.12. The molecule has 2 unspecified atom stereocenters. The molecule has 9 heteroatoms. The van der Waals surface area contributed by atoms with E-state index in [0.29, 0.717) is 0 Å². The van der Waals surface area contributed by atoms with E-state index in [1.54, 1.807) is 6.92 Å². The molecule has 0 bridgehead atoms. The Morgan fingerprint density at radius 1 is 1.44 bits per heavy atom. The van der Waals surface area contributed by atoms with E-state index >= 15 is 0 Å². The third-order valence-electron chi connectivity index (χ3n) is 1.99. The number of urea groups is 1. The Morgan fingerprint density at radius 3 is 2.61 bits per heavy atom. The van der Waals surface area contributed by atoms with Gasteiger partial charge in [0, 0.05) is 0 Å². The number of nitrogens with one attached hydrogen (secondary N) is 2. The lowest BCUT2D eigenvalue weighted by atomic mass is 10.3. The second-order valence-electron chi connectivity index (χ2n) is 3.71. The van der Waals surface area contributed by atoms with Gasteiger partial charge in [-0.1, -0.05) is 0 Å². The molecule has 100 valence electrons. The largest absolute Gasteiger partial charge is 0.480 e. The second kappa shape index (κ2) is 5.96. The van der Waals surface area contributed by atoms with Crippen LogP contribution in [0.25, 0.3) is 0 Å². The van der Waals surface area contributed by atoms with Gasteiger partial charge < -0.3 is 25.9 Å². The molecule has 2 amide bonds. The Morgan fingerprint density at radius 2 is 2.11 bits per heavy atom. The van der Waals surface area contributed by atoms with Crippen LogP contribution in [-0.4, -0.2) is 33.3 Å². The van der Waals surface area contributed by atoms with E-state index in [2.05, 4.69) is 20.8 Å². The van der Waals surface area contributed by atoms with Crippen LogP contribution in [0.1, 0.15) is 31.7 Å². The van der Waals surface area contributed by atoms with Crippen molar-refractivity contribution in [3.63, 3.8) is 0 Å². The van der Waals surface area contributed by atoms with Crippen molar-refractivity contribution >= 4 is 12.0 Å². The van der Waals surface area contributed by atoms with Crippen LogP contribution in [0, 0.1) is 0 Å². The molecule has 9 nitrogen and oxygen atoms in total. The molecule has 18 heavy (non-hydrogen) atoms. The zero-order valence-electron chi connectivity index (χ0n) is 10.0. The number of amides is 2. The molecule has 0 saturated heterocycles. The van der Waals surface area contributed by atoms with Crippen LogP contribution in [0.5, 0.6) is 0 Å². The lowest BCUT2D eigenvalue weighted by Gasteiger charge is -2.09. The minimum Gasteiger partial charge on any atom is -0.480 e. The molecular formula is C9H15N5O4. The van der Waals surface area contributed by atoms with Gasteiger partial charge in [0.15, 0.2) is 0 Å². The van der Waals surface area contributed by atoms with Crippen LogP contribution in [0.2, 0.25) is 0 Å². The van der Waals surface area contributed by atoms with Gasteiger partial charge in [0.05, 0.1) is 12.6 Å². The zero-order chi connectivity index (χ0) is 13.7. The van der Waals surface area contributed by atoms with Crippen LogP contribution < -0.4 is 16.4 Å². The highest BCUT2D eigenvalue weighted by molar-refractivity contribution is 5.81. The molecule has 0 aliphatic carbocycles. The van der Waals surface area contributed by atoms with Crippen LogP contribution in [0.15, 0.2) is 4.42 Å². The summed E-state index contributed by atoms with van der Waals surface area (Å²) in [5.74, 6) is -0.659. The summed E-state index contributed by atoms with van der Waals surface area (Å²) in [4.78, 5) is 21.8. The normalized spacial score (nSPS) is 13.7. The summed E-state index contributed by atoms with van der Waals surface area (Å²) in [6, 6.07) is -2.00. The van der Waals surface area contributed by atoms with Gasteiger partial charge >= 0.3 is 12.0 Å². The van der Waals surface area contributed by atoms with Crippen molar-refractivity contribution in [2.75, 3.05) is 0 Å². The molecule has 1 aromatic heterocycles. The first-order valence-electron chi connectivity index (χ1n) is 5.25. The molecule has 1 aromatic rings. The number of hydrogen-bond donors (Lipinski definition) is 4. The Kier molecular flexibility index (Phi) is 4.60. The van der Waals surface area contributed by atoms with Crippen LogP contribution in [0.4, 0.5) is 4.79 Å². The molecule has 0 aliphatic rings. The summed E-state index contributed by atoms with van der Waals surface area (Å²) >= 11 is 0. The Bertz CT molecular complexity index is 430. The first kappa shape index (κ1) is 13.9. The maximum Gasteiger partial charge on any atom is 0.325 e. The summed E-state index contributed by atoms with van der Waals surface area (Å²) in [6.45, 7) is 3.03. The quantitative estimate of drug-likeness (QED) is 0.549. The number of aromatic nitrogens is 2. The first-order chi connectivity index (χ1) is 8.40. The number of carbonyl (C=O) groups is 2. The van der Waals surface area contributed by atoms with Crippen molar-refractivity contribution < 1.29 is 19.1 Å². The highest BCUT2D eigenvalue weighted by Gasteiger charge is 2.15. The molecule has 0 radical (unpaired) electrons. The molecule has 0 fully saturated rings. The molecule has 0 saturated carbocycles. The fourth-order valence-electron chi connectivity index (χ4n) is 0.987. The van der Waals surface area contributed by atoms with Gasteiger partial charge in [-0.2, -0.15) is 0 Å². The molecule has 0 aromatic carbocycles. The van der Waals surface area contributed by atoms with E-state index in [0.717, 1.165) is 0 Å². The average molecular weight is 257 g/mol. The third-order valence-corrected chi connectivity index (χ3v) is 1.99. The van der Waals surface area contributed by atoms with E-state index in [4.69, 9.17) is 15.3 Å². The predicted molar refractivity (Wildman–Crippen MR) is 59.4 cm³/mol. The number of nitrogens with zero attached hydrogens (tertiary/aromatic N) is 2. The number of carboxylic acid groups (broad SMARTS) is 1. The van der Waals surface area contributed by atoms with Gasteiger partial charge in [0.25, 0.3) is 0 Å². The van der Waals surface area contributed by atoms with E-state index in [9.17, 15) is 9.59 Å². The Balaban J connectivity index is 2.40. The number of nitrogens with two attached hydrogens (primary N) is 1. The van der Waals surface area contributed by atoms with Crippen molar-refractivity contribution in [1.82, 2.24) is 20.8 Å². The minimum absolute atomic E-state index is 0.00209. The predicted octanol–water partition coefficient (Wildman–Crippen LogP) is -0.638. The maximum absolute atomic E-state index is 11.3. The molecular weight excluding hydrogens is 242 g/mol. The Hall–Kier alpha value is -2.16. The second-order valence-corrected chi connectivity index (χ2v) is 3.71. The molecule has 2 atom stereocenters. The van der Waals surface area contributed by atoms with E-state index in [1.165, 1.54) is 6.92 Å². The van der Waals surface area contributed by atoms with Gasteiger partial charge in [-0.3, -0.25) is 4.79 Å². The standard InChI is InChI=1S/C9H15N5O4/c1-4(10)7-14-13-6(18-7)3-11-9(17)12-5(2)8(15)16/h4-5H,3,10H2,1-2H3,(H,15,16)(H2,11,12,17). The molecule has 5 N–H and O–H groups in total. The number of aliphatic carboxylic acids is 1. The van der Waals surface area contributed by atoms with Crippen LogP contribution in [-0.2, 0) is 11.3 Å². The van der Waals surface area contributed by atoms with Crippen molar-refractivity contribution in [3.05, 3.63) is 11.8 Å². The van der Waals surface area contributed by atoms with E-state index < -0.39 is 18.0 Å². The molecule has 0 spiro atoms. The SMILES string of the molecule is CC(NC(=O)NCc1nnc(C(C)N)o1)C(=O)O. The number of rotatable bonds is 5. The van der Waals surface area contributed by atoms with E-state index in [-0.39, 0.29) is 24.4 Å². The molecule has 0 aliphatic heterocycles. The van der Waals surface area contributed by atoms with Crippen molar-refractivity contribution in [3.8, 4) is 0 Å². The fourth-order valence-corrected chi connectivity index (χ4v) is 0.987. The van der Waals surface area contributed by atoms with Gasteiger partial charge in [-0.15, -0.1) is 10.2 Å². The van der Waals surface area contributed by atoms with Crippen molar-refractivity contribution in [2.45, 2.75) is 32.5 Å². The summed E-state index contributed by atoms with van der Waals surface area (Å²) in [6.07, 6.45) is 0. The number of hydrogen-bond acceptors (Lipinski definition) is 6. The fraction of sp³-hybridized carbons (Fsp3) is 0.556. The summed E-state index contributed by atoms with van der Waals surface area (Å²) in [5.41, 5.74) is 5.52. The summed E-state index contributed by atoms with van der Waals surface area (Å²) in [5, 5.41) is 20.5. The monoisotopic (exact) mass is 257 g/mol. The number of carbonyl (C=O) groups excluding carboxylic acids is 1. The highest BCUT2D eigenvalue weighted by Crippen LogP contribution is 2.06. The van der Waals surface area contributed by atoms with Gasteiger partial charge in [-0.25, -0.2) is 4.79 Å². The van der Waals surface area contributed by atoms with Crippen molar-refractivity contribution in [1.29, 1.82) is 0 Å². The smallest absolute Gasteiger partial charge is 0.325 e. The van der Waals surface area contributed by atoms with Gasteiger partial charge in [-0.05, 0) is 13.8 Å². The molecule has 1 heterocycles. The van der Waals surface area contributed by atoms with Crippen LogP contribution >= 0.6 is 0 Å². The number of carboxylic acids is 1.